The number of ether oxygens (including phenoxy) is 2. The maximum Gasteiger partial charge on any atom is 0.309 e. The van der Waals surface area contributed by atoms with Crippen LogP contribution in [0.1, 0.15) is 25.7 Å². The summed E-state index contributed by atoms with van der Waals surface area (Å²) in [5.74, 6) is -1.11. The maximum atomic E-state index is 11.0. The summed E-state index contributed by atoms with van der Waals surface area (Å²) >= 11 is 0. The number of carboxylic acids is 1. The molecule has 0 aliphatic carbocycles. The molecule has 4 heteroatoms. The molecule has 0 spiro atoms. The van der Waals surface area contributed by atoms with Crippen LogP contribution in [0.2, 0.25) is 0 Å². The van der Waals surface area contributed by atoms with Gasteiger partial charge in [-0.2, -0.15) is 0 Å². The molecule has 3 atom stereocenters. The summed E-state index contributed by atoms with van der Waals surface area (Å²) in [5, 5.41) is 9.03. The van der Waals surface area contributed by atoms with Gasteiger partial charge in [0.1, 0.15) is 0 Å². The van der Waals surface area contributed by atoms with Gasteiger partial charge >= 0.3 is 5.97 Å². The molecule has 2 heterocycles. The highest BCUT2D eigenvalue weighted by Crippen LogP contribution is 2.29. The predicted octanol–water partition coefficient (Wildman–Crippen LogP) is 1.05. The summed E-state index contributed by atoms with van der Waals surface area (Å²) < 4.78 is 11.0. The van der Waals surface area contributed by atoms with Crippen LogP contribution in [0.25, 0.3) is 0 Å². The monoisotopic (exact) mass is 200 g/mol. The van der Waals surface area contributed by atoms with Crippen LogP contribution in [0, 0.1) is 5.92 Å². The Balaban J connectivity index is 2.01. The predicted molar refractivity (Wildman–Crippen MR) is 49.1 cm³/mol. The van der Waals surface area contributed by atoms with E-state index >= 15 is 0 Å². The fourth-order valence-corrected chi connectivity index (χ4v) is 2.30. The minimum absolute atomic E-state index is 0.0106. The van der Waals surface area contributed by atoms with E-state index in [0.29, 0.717) is 6.61 Å². The third-order valence-corrected chi connectivity index (χ3v) is 3.01. The van der Waals surface area contributed by atoms with Crippen molar-refractivity contribution in [1.82, 2.24) is 0 Å². The Bertz CT molecular complexity index is 210. The highest BCUT2D eigenvalue weighted by atomic mass is 16.5. The summed E-state index contributed by atoms with van der Waals surface area (Å²) in [6.07, 6.45) is 3.32. The lowest BCUT2D eigenvalue weighted by Crippen LogP contribution is -2.42. The molecular weight excluding hydrogens is 184 g/mol. The largest absolute Gasteiger partial charge is 0.481 e. The number of carboxylic acid groups (broad SMARTS) is 1. The molecule has 2 aliphatic rings. The molecule has 2 rings (SSSR count). The number of rotatable bonds is 2. The topological polar surface area (TPSA) is 55.8 Å². The van der Waals surface area contributed by atoms with E-state index in [9.17, 15) is 4.79 Å². The average molecular weight is 200 g/mol. The van der Waals surface area contributed by atoms with E-state index in [0.717, 1.165) is 32.3 Å². The van der Waals surface area contributed by atoms with Crippen molar-refractivity contribution < 1.29 is 19.4 Å². The van der Waals surface area contributed by atoms with Gasteiger partial charge in [0.15, 0.2) is 0 Å². The van der Waals surface area contributed by atoms with Crippen LogP contribution in [0.3, 0.4) is 0 Å². The molecule has 0 bridgehead atoms. The lowest BCUT2D eigenvalue weighted by Gasteiger charge is -2.32. The zero-order chi connectivity index (χ0) is 9.97. The van der Waals surface area contributed by atoms with Crippen LogP contribution < -0.4 is 0 Å². The molecule has 0 radical (unpaired) electrons. The van der Waals surface area contributed by atoms with Gasteiger partial charge in [0.2, 0.25) is 0 Å². The van der Waals surface area contributed by atoms with E-state index < -0.39 is 5.97 Å². The van der Waals surface area contributed by atoms with Crippen molar-refractivity contribution in [2.45, 2.75) is 37.9 Å². The zero-order valence-corrected chi connectivity index (χ0v) is 8.15. The van der Waals surface area contributed by atoms with Crippen molar-refractivity contribution in [3.8, 4) is 0 Å². The second-order valence-electron chi connectivity index (χ2n) is 3.97. The van der Waals surface area contributed by atoms with E-state index in [1.54, 1.807) is 0 Å². The molecule has 1 N–H and O–H groups in total. The summed E-state index contributed by atoms with van der Waals surface area (Å²) in [6.45, 7) is 1.42. The van der Waals surface area contributed by atoms with Gasteiger partial charge in [-0.05, 0) is 25.7 Å². The molecule has 0 saturated carbocycles. The van der Waals surface area contributed by atoms with Crippen LogP contribution >= 0.6 is 0 Å². The summed E-state index contributed by atoms with van der Waals surface area (Å²) in [7, 11) is 0. The molecule has 0 amide bonds. The first-order valence-corrected chi connectivity index (χ1v) is 5.25. The van der Waals surface area contributed by atoms with Crippen molar-refractivity contribution in [2.24, 2.45) is 5.92 Å². The Morgan fingerprint density at radius 1 is 1.14 bits per heavy atom. The van der Waals surface area contributed by atoms with Gasteiger partial charge in [-0.1, -0.05) is 0 Å². The molecule has 0 aromatic heterocycles. The first kappa shape index (κ1) is 9.93. The lowest BCUT2D eigenvalue weighted by molar-refractivity contribution is -0.160. The van der Waals surface area contributed by atoms with Crippen molar-refractivity contribution in [3.63, 3.8) is 0 Å². The van der Waals surface area contributed by atoms with E-state index in [4.69, 9.17) is 14.6 Å². The second-order valence-corrected chi connectivity index (χ2v) is 3.97. The molecule has 2 saturated heterocycles. The Morgan fingerprint density at radius 3 is 2.50 bits per heavy atom. The van der Waals surface area contributed by atoms with E-state index in [2.05, 4.69) is 0 Å². The van der Waals surface area contributed by atoms with Gasteiger partial charge in [-0.25, -0.2) is 0 Å². The van der Waals surface area contributed by atoms with Gasteiger partial charge in [-0.3, -0.25) is 4.79 Å². The van der Waals surface area contributed by atoms with Crippen LogP contribution in [-0.4, -0.2) is 36.5 Å². The first-order valence-electron chi connectivity index (χ1n) is 5.25. The fraction of sp³-hybridized carbons (Fsp3) is 0.900. The molecular formula is C10H16O4. The first-order chi connectivity index (χ1) is 6.79. The van der Waals surface area contributed by atoms with Gasteiger partial charge in [0.25, 0.3) is 0 Å². The van der Waals surface area contributed by atoms with Gasteiger partial charge in [-0.15, -0.1) is 0 Å². The maximum absolute atomic E-state index is 11.0. The molecule has 4 nitrogen and oxygen atoms in total. The smallest absolute Gasteiger partial charge is 0.309 e. The van der Waals surface area contributed by atoms with Crippen molar-refractivity contribution in [3.05, 3.63) is 0 Å². The van der Waals surface area contributed by atoms with E-state index in [1.807, 2.05) is 0 Å². The molecule has 0 aromatic carbocycles. The second kappa shape index (κ2) is 4.28. The van der Waals surface area contributed by atoms with Crippen LogP contribution in [0.4, 0.5) is 0 Å². The van der Waals surface area contributed by atoms with Crippen LogP contribution in [0.5, 0.6) is 0 Å². The molecule has 0 aromatic rings. The van der Waals surface area contributed by atoms with Gasteiger partial charge < -0.3 is 14.6 Å². The number of hydrogen-bond acceptors (Lipinski definition) is 3. The lowest BCUT2D eigenvalue weighted by atomic mass is 9.90. The quantitative estimate of drug-likeness (QED) is 0.723. The van der Waals surface area contributed by atoms with E-state index in [-0.39, 0.29) is 18.1 Å². The summed E-state index contributed by atoms with van der Waals surface area (Å²) in [4.78, 5) is 11.0. The van der Waals surface area contributed by atoms with E-state index in [1.165, 1.54) is 0 Å². The molecule has 2 fully saturated rings. The van der Waals surface area contributed by atoms with Gasteiger partial charge in [0.05, 0.1) is 18.1 Å². The Kier molecular flexibility index (Phi) is 3.03. The van der Waals surface area contributed by atoms with Crippen molar-refractivity contribution in [1.29, 1.82) is 0 Å². The van der Waals surface area contributed by atoms with Crippen molar-refractivity contribution >= 4 is 5.97 Å². The minimum atomic E-state index is -0.745. The van der Waals surface area contributed by atoms with Crippen molar-refractivity contribution in [2.75, 3.05) is 13.2 Å². The summed E-state index contributed by atoms with van der Waals surface area (Å²) in [5.41, 5.74) is 0. The number of hydrogen-bond donors (Lipinski definition) is 1. The Labute approximate surface area is 83.2 Å². The molecule has 2 aliphatic heterocycles. The minimum Gasteiger partial charge on any atom is -0.481 e. The Morgan fingerprint density at radius 2 is 1.86 bits per heavy atom. The highest BCUT2D eigenvalue weighted by Gasteiger charge is 2.39. The molecule has 14 heavy (non-hydrogen) atoms. The third-order valence-electron chi connectivity index (χ3n) is 3.01. The molecule has 3 unspecified atom stereocenters. The standard InChI is InChI=1S/C10H16O4/c11-10(12)7-3-1-6-14-9(7)8-4-2-5-13-8/h7-9H,1-6H2,(H,11,12). The average Bonchev–Trinajstić information content (AvgIpc) is 2.70. The normalized spacial score (nSPS) is 38.4. The third kappa shape index (κ3) is 1.91. The summed E-state index contributed by atoms with van der Waals surface area (Å²) in [6, 6.07) is 0. The van der Waals surface area contributed by atoms with Crippen LogP contribution in [0.15, 0.2) is 0 Å². The van der Waals surface area contributed by atoms with Crippen LogP contribution in [-0.2, 0) is 14.3 Å². The zero-order valence-electron chi connectivity index (χ0n) is 8.15. The van der Waals surface area contributed by atoms with Gasteiger partial charge in [0, 0.05) is 13.2 Å². The number of aliphatic carboxylic acids is 1. The highest BCUT2D eigenvalue weighted by molar-refractivity contribution is 5.70. The number of carbonyl (C=O) groups is 1. The SMILES string of the molecule is O=C(O)C1CCCOC1C1CCCO1. The Hall–Kier alpha value is -0.610. The molecule has 80 valence electrons. The fourth-order valence-electron chi connectivity index (χ4n) is 2.30.